The number of anilines is 1. The molecule has 0 heterocycles. The first kappa shape index (κ1) is 12.7. The van der Waals surface area contributed by atoms with Crippen molar-refractivity contribution in [1.82, 2.24) is 0 Å². The van der Waals surface area contributed by atoms with Gasteiger partial charge in [0.1, 0.15) is 0 Å². The zero-order chi connectivity index (χ0) is 13.7. The molecule has 0 spiro atoms. The lowest BCUT2D eigenvalue weighted by atomic mass is 10.1. The summed E-state index contributed by atoms with van der Waals surface area (Å²) in [6, 6.07) is 16.4. The Morgan fingerprint density at radius 1 is 0.842 bits per heavy atom. The molecule has 0 saturated carbocycles. The van der Waals surface area contributed by atoms with Crippen molar-refractivity contribution in [3.63, 3.8) is 0 Å². The van der Waals surface area contributed by atoms with Crippen LogP contribution in [0, 0.1) is 0 Å². The third-order valence-corrected chi connectivity index (χ3v) is 2.59. The average Bonchev–Trinajstić information content (AvgIpc) is 2.49. The van der Waals surface area contributed by atoms with Crippen LogP contribution in [0.3, 0.4) is 0 Å². The Kier molecular flexibility index (Phi) is 3.83. The van der Waals surface area contributed by atoms with Gasteiger partial charge in [-0.15, -0.1) is 0 Å². The van der Waals surface area contributed by atoms with Gasteiger partial charge in [0, 0.05) is 5.56 Å². The number of ketones is 1. The van der Waals surface area contributed by atoms with Crippen LogP contribution in [0.4, 0.5) is 5.69 Å². The van der Waals surface area contributed by atoms with E-state index in [0.717, 1.165) is 4.90 Å². The molecule has 2 aromatic carbocycles. The largest absolute Gasteiger partial charge is 0.305 e. The van der Waals surface area contributed by atoms with Crippen LogP contribution in [0.25, 0.3) is 0 Å². The summed E-state index contributed by atoms with van der Waals surface area (Å²) < 4.78 is 0. The van der Waals surface area contributed by atoms with Gasteiger partial charge in [-0.2, -0.15) is 0 Å². The highest BCUT2D eigenvalue weighted by atomic mass is 16.2. The van der Waals surface area contributed by atoms with Crippen molar-refractivity contribution in [1.29, 1.82) is 0 Å². The first-order valence-electron chi connectivity index (χ1n) is 5.67. The number of Topliss-reactive ketones (excluding diaryl/α,β-unsaturated/α-hetero) is 1. The standard InChI is InChI=1S/C15H11NO3/c17-11-16(13-9-5-2-6-10-13)15(19)14(18)12-7-3-1-4-8-12/h1-11H. The van der Waals surface area contributed by atoms with E-state index < -0.39 is 11.7 Å². The topological polar surface area (TPSA) is 54.5 Å². The van der Waals surface area contributed by atoms with E-state index in [2.05, 4.69) is 0 Å². The molecule has 2 rings (SSSR count). The lowest BCUT2D eigenvalue weighted by molar-refractivity contribution is -0.118. The molecular weight excluding hydrogens is 242 g/mol. The number of hydrogen-bond acceptors (Lipinski definition) is 3. The number of carbonyl (C=O) groups is 3. The van der Waals surface area contributed by atoms with E-state index in [1.54, 1.807) is 48.5 Å². The van der Waals surface area contributed by atoms with Gasteiger partial charge in [0.25, 0.3) is 5.78 Å². The summed E-state index contributed by atoms with van der Waals surface area (Å²) in [5.74, 6) is -1.58. The summed E-state index contributed by atoms with van der Waals surface area (Å²) in [7, 11) is 0. The normalized spacial score (nSPS) is 9.68. The monoisotopic (exact) mass is 253 g/mol. The SMILES string of the molecule is O=CN(C(=O)C(=O)c1ccccc1)c1ccccc1. The van der Waals surface area contributed by atoms with Gasteiger partial charge in [-0.1, -0.05) is 48.5 Å². The lowest BCUT2D eigenvalue weighted by Crippen LogP contribution is -2.35. The quantitative estimate of drug-likeness (QED) is 0.476. The number of para-hydroxylation sites is 1. The average molecular weight is 253 g/mol. The first-order valence-corrected chi connectivity index (χ1v) is 5.67. The van der Waals surface area contributed by atoms with Gasteiger partial charge in [-0.05, 0) is 12.1 Å². The van der Waals surface area contributed by atoms with Crippen LogP contribution in [0.15, 0.2) is 60.7 Å². The predicted octanol–water partition coefficient (Wildman–Crippen LogP) is 2.06. The molecule has 0 aliphatic carbocycles. The fraction of sp³-hybridized carbons (Fsp3) is 0. The highest BCUT2D eigenvalue weighted by Gasteiger charge is 2.23. The van der Waals surface area contributed by atoms with Crippen LogP contribution in [0.1, 0.15) is 10.4 Å². The molecule has 0 aliphatic rings. The van der Waals surface area contributed by atoms with Crippen LogP contribution in [-0.2, 0) is 9.59 Å². The zero-order valence-corrected chi connectivity index (χ0v) is 10.0. The molecule has 0 bridgehead atoms. The van der Waals surface area contributed by atoms with Crippen molar-refractivity contribution in [3.05, 3.63) is 66.2 Å². The summed E-state index contributed by atoms with van der Waals surface area (Å²) in [5, 5.41) is 0. The highest BCUT2D eigenvalue weighted by Crippen LogP contribution is 2.13. The van der Waals surface area contributed by atoms with E-state index in [1.807, 2.05) is 0 Å². The molecule has 0 fully saturated rings. The number of imide groups is 1. The molecule has 0 N–H and O–H groups in total. The van der Waals surface area contributed by atoms with E-state index >= 15 is 0 Å². The highest BCUT2D eigenvalue weighted by molar-refractivity contribution is 6.49. The predicted molar refractivity (Wildman–Crippen MR) is 70.8 cm³/mol. The molecule has 4 heteroatoms. The van der Waals surface area contributed by atoms with Gasteiger partial charge < -0.3 is 0 Å². The number of nitrogens with zero attached hydrogens (tertiary/aromatic N) is 1. The number of carbonyl (C=O) groups excluding carboxylic acids is 3. The lowest BCUT2D eigenvalue weighted by Gasteiger charge is -2.14. The van der Waals surface area contributed by atoms with Crippen molar-refractivity contribution >= 4 is 23.8 Å². The van der Waals surface area contributed by atoms with Crippen LogP contribution in [-0.4, -0.2) is 18.1 Å². The molecule has 2 aromatic rings. The Hall–Kier alpha value is -2.75. The van der Waals surface area contributed by atoms with Gasteiger partial charge in [-0.3, -0.25) is 14.4 Å². The second-order valence-corrected chi connectivity index (χ2v) is 3.81. The minimum absolute atomic E-state index is 0.260. The van der Waals surface area contributed by atoms with Crippen molar-refractivity contribution in [2.75, 3.05) is 4.90 Å². The molecule has 0 unspecified atom stereocenters. The van der Waals surface area contributed by atoms with Crippen molar-refractivity contribution in [2.45, 2.75) is 0 Å². The molecule has 2 amide bonds. The number of benzene rings is 2. The summed E-state index contributed by atoms with van der Waals surface area (Å²) in [6.45, 7) is 0. The molecule has 19 heavy (non-hydrogen) atoms. The van der Waals surface area contributed by atoms with Gasteiger partial charge in [-0.25, -0.2) is 4.90 Å². The van der Waals surface area contributed by atoms with Crippen LogP contribution < -0.4 is 4.90 Å². The zero-order valence-electron chi connectivity index (χ0n) is 10.0. The first-order chi connectivity index (χ1) is 9.24. The second kappa shape index (κ2) is 5.73. The molecule has 0 saturated heterocycles. The fourth-order valence-corrected chi connectivity index (χ4v) is 1.64. The Morgan fingerprint density at radius 3 is 1.89 bits per heavy atom. The molecule has 0 aromatic heterocycles. The Bertz CT molecular complexity index is 593. The number of hydrogen-bond donors (Lipinski definition) is 0. The maximum absolute atomic E-state index is 12.0. The van der Waals surface area contributed by atoms with E-state index in [1.165, 1.54) is 12.1 Å². The van der Waals surface area contributed by atoms with Gasteiger partial charge in [0.2, 0.25) is 6.41 Å². The van der Waals surface area contributed by atoms with Crippen LogP contribution in [0.2, 0.25) is 0 Å². The van der Waals surface area contributed by atoms with E-state index in [9.17, 15) is 14.4 Å². The third-order valence-electron chi connectivity index (χ3n) is 2.59. The van der Waals surface area contributed by atoms with E-state index in [4.69, 9.17) is 0 Å². The molecule has 0 atom stereocenters. The minimum Gasteiger partial charge on any atom is -0.283 e. The van der Waals surface area contributed by atoms with E-state index in [0.29, 0.717) is 12.1 Å². The number of rotatable bonds is 4. The Morgan fingerprint density at radius 2 is 1.37 bits per heavy atom. The Labute approximate surface area is 110 Å². The van der Waals surface area contributed by atoms with Crippen molar-refractivity contribution < 1.29 is 14.4 Å². The Balaban J connectivity index is 2.28. The summed E-state index contributed by atoms with van der Waals surface area (Å²) in [4.78, 5) is 35.8. The van der Waals surface area contributed by atoms with Crippen LogP contribution in [0.5, 0.6) is 0 Å². The van der Waals surface area contributed by atoms with Crippen molar-refractivity contribution in [3.8, 4) is 0 Å². The third kappa shape index (κ3) is 2.74. The smallest absolute Gasteiger partial charge is 0.283 e. The molecule has 0 radical (unpaired) electrons. The molecular formula is C15H11NO3. The maximum atomic E-state index is 12.0. The van der Waals surface area contributed by atoms with E-state index in [-0.39, 0.29) is 5.56 Å². The fourth-order valence-electron chi connectivity index (χ4n) is 1.64. The maximum Gasteiger partial charge on any atom is 0.305 e. The molecule has 94 valence electrons. The summed E-state index contributed by atoms with van der Waals surface area (Å²) in [5.41, 5.74) is 0.627. The number of amides is 2. The minimum atomic E-state index is -0.868. The van der Waals surface area contributed by atoms with Gasteiger partial charge in [0.15, 0.2) is 0 Å². The van der Waals surface area contributed by atoms with Crippen LogP contribution >= 0.6 is 0 Å². The molecule has 4 nitrogen and oxygen atoms in total. The second-order valence-electron chi connectivity index (χ2n) is 3.81. The van der Waals surface area contributed by atoms with Gasteiger partial charge in [0.05, 0.1) is 5.69 Å². The molecule has 0 aliphatic heterocycles. The summed E-state index contributed by atoms with van der Waals surface area (Å²) in [6.07, 6.45) is 0.346. The van der Waals surface area contributed by atoms with Crippen molar-refractivity contribution in [2.24, 2.45) is 0 Å². The summed E-state index contributed by atoms with van der Waals surface area (Å²) >= 11 is 0. The van der Waals surface area contributed by atoms with Gasteiger partial charge >= 0.3 is 5.91 Å².